The van der Waals surface area contributed by atoms with E-state index in [0.717, 1.165) is 47.5 Å². The largest absolute Gasteiger partial charge is 0.363 e. The summed E-state index contributed by atoms with van der Waals surface area (Å²) >= 11 is 0. The van der Waals surface area contributed by atoms with Gasteiger partial charge in [-0.1, -0.05) is 48.6 Å². The minimum absolute atomic E-state index is 0.0718. The molecule has 0 N–H and O–H groups in total. The number of hydrogen-bond donors (Lipinski definition) is 0. The Hall–Kier alpha value is -3.81. The number of quaternary nitrogens is 1. The summed E-state index contributed by atoms with van der Waals surface area (Å²) < 4.78 is 64.0. The Morgan fingerprint density at radius 1 is 0.976 bits per heavy atom. The molecule has 0 radical (unpaired) electrons. The van der Waals surface area contributed by atoms with Gasteiger partial charge in [0.15, 0.2) is 17.5 Å². The van der Waals surface area contributed by atoms with Crippen molar-refractivity contribution < 1.29 is 26.8 Å². The van der Waals surface area contributed by atoms with Gasteiger partial charge < -0.3 is 9.22 Å². The van der Waals surface area contributed by atoms with Crippen LogP contribution in [0.2, 0.25) is 0 Å². The number of pyridine rings is 1. The van der Waals surface area contributed by atoms with Crippen LogP contribution in [0.5, 0.6) is 0 Å². The SMILES string of the molecule is C=CCO[C@H](c1ccnc2ccccc12)[C@@H]1C[C@@H]2CC[N@@+]1(Cc1ccc(F)c(F)c1F)C[C@@H]2/C=C/c1ccc(F)cc1. The molecule has 7 rings (SSSR count). The van der Waals surface area contributed by atoms with Gasteiger partial charge in [-0.05, 0) is 53.4 Å². The molecule has 3 nitrogen and oxygen atoms in total. The van der Waals surface area contributed by atoms with Gasteiger partial charge in [0, 0.05) is 35.9 Å². The highest BCUT2D eigenvalue weighted by molar-refractivity contribution is 5.82. The van der Waals surface area contributed by atoms with Crippen LogP contribution in [-0.2, 0) is 11.3 Å². The van der Waals surface area contributed by atoms with Crippen LogP contribution in [0.3, 0.4) is 0 Å². The smallest absolute Gasteiger partial charge is 0.194 e. The van der Waals surface area contributed by atoms with E-state index in [0.29, 0.717) is 23.6 Å². The van der Waals surface area contributed by atoms with Crippen LogP contribution >= 0.6 is 0 Å². The van der Waals surface area contributed by atoms with E-state index in [1.165, 1.54) is 18.2 Å². The molecule has 1 aromatic heterocycles. The molecule has 3 aliphatic rings. The second-order valence-electron chi connectivity index (χ2n) is 11.5. The maximum atomic E-state index is 15.2. The Morgan fingerprint density at radius 2 is 1.79 bits per heavy atom. The lowest BCUT2D eigenvalue weighted by molar-refractivity contribution is -0.985. The molecule has 3 aliphatic heterocycles. The molecule has 5 atom stereocenters. The highest BCUT2D eigenvalue weighted by Gasteiger charge is 2.55. The molecule has 0 amide bonds. The third kappa shape index (κ3) is 5.39. The lowest BCUT2D eigenvalue weighted by atomic mass is 9.70. The van der Waals surface area contributed by atoms with Crippen molar-refractivity contribution in [2.75, 3.05) is 19.7 Å². The van der Waals surface area contributed by atoms with Gasteiger partial charge in [-0.25, -0.2) is 17.6 Å². The predicted molar refractivity (Wildman–Crippen MR) is 156 cm³/mol. The van der Waals surface area contributed by atoms with Gasteiger partial charge in [-0.2, -0.15) is 0 Å². The molecule has 216 valence electrons. The van der Waals surface area contributed by atoms with Crippen molar-refractivity contribution in [3.63, 3.8) is 0 Å². The van der Waals surface area contributed by atoms with Crippen LogP contribution in [-0.4, -0.2) is 35.2 Å². The Bertz CT molecular complexity index is 1620. The number of benzene rings is 3. The summed E-state index contributed by atoms with van der Waals surface area (Å²) in [5.41, 5.74) is 2.92. The molecule has 0 aliphatic carbocycles. The average molecular weight is 574 g/mol. The minimum Gasteiger partial charge on any atom is -0.363 e. The normalized spacial score (nSPS) is 24.3. The minimum atomic E-state index is -1.44. The van der Waals surface area contributed by atoms with Crippen molar-refractivity contribution in [3.8, 4) is 0 Å². The summed E-state index contributed by atoms with van der Waals surface area (Å²) in [6.07, 6.45) is 9.05. The summed E-state index contributed by atoms with van der Waals surface area (Å²) in [5.74, 6) is -3.54. The quantitative estimate of drug-likeness (QED) is 0.0872. The number of piperidine rings is 3. The Labute approximate surface area is 243 Å². The lowest BCUT2D eigenvalue weighted by Gasteiger charge is -2.58. The molecule has 42 heavy (non-hydrogen) atoms. The molecule has 4 heterocycles. The number of halogens is 4. The second kappa shape index (κ2) is 11.8. The zero-order valence-electron chi connectivity index (χ0n) is 23.2. The second-order valence-corrected chi connectivity index (χ2v) is 11.5. The maximum absolute atomic E-state index is 15.2. The van der Waals surface area contributed by atoms with Crippen molar-refractivity contribution in [2.45, 2.75) is 31.5 Å². The van der Waals surface area contributed by atoms with Crippen molar-refractivity contribution >= 4 is 17.0 Å². The zero-order valence-corrected chi connectivity index (χ0v) is 23.2. The number of ether oxygens (including phenoxy) is 1. The average Bonchev–Trinajstić information content (AvgIpc) is 3.02. The van der Waals surface area contributed by atoms with E-state index in [4.69, 9.17) is 4.74 Å². The molecular weight excluding hydrogens is 540 g/mol. The van der Waals surface area contributed by atoms with Gasteiger partial charge in [0.25, 0.3) is 0 Å². The lowest BCUT2D eigenvalue weighted by Crippen LogP contribution is -2.67. The van der Waals surface area contributed by atoms with Gasteiger partial charge in [-0.3, -0.25) is 4.98 Å². The summed E-state index contributed by atoms with van der Waals surface area (Å²) in [4.78, 5) is 4.54. The molecular formula is C35H33F4N2O+. The van der Waals surface area contributed by atoms with Crippen LogP contribution in [0.4, 0.5) is 17.6 Å². The summed E-state index contributed by atoms with van der Waals surface area (Å²) in [6.45, 7) is 5.84. The summed E-state index contributed by atoms with van der Waals surface area (Å²) in [7, 11) is 0. The van der Waals surface area contributed by atoms with E-state index in [1.807, 2.05) is 36.4 Å². The van der Waals surface area contributed by atoms with Gasteiger partial charge in [0.1, 0.15) is 24.5 Å². The molecule has 3 aromatic carbocycles. The number of rotatable bonds is 9. The van der Waals surface area contributed by atoms with Gasteiger partial charge in [0.05, 0.1) is 25.2 Å². The Kier molecular flexibility index (Phi) is 7.97. The standard InChI is InChI=1S/C35H33F4N2O/c1-2-19-42-35(29-15-17-40-31-6-4-3-5-28(29)31)32-20-24-16-18-41(32,22-26-11-14-30(37)34(39)33(26)38)21-25(24)10-7-23-8-12-27(36)13-9-23/h2-15,17,24-25,32,35H,1,16,18-22H2/q+1/b10-7+/t24-,25-,32-,35+,41-/m0/s1. The molecule has 4 aromatic rings. The number of aromatic nitrogens is 1. The summed E-state index contributed by atoms with van der Waals surface area (Å²) in [5, 5.41) is 0.988. The number of hydrogen-bond acceptors (Lipinski definition) is 2. The molecule has 3 saturated heterocycles. The highest BCUT2D eigenvalue weighted by atomic mass is 19.2. The van der Waals surface area contributed by atoms with Crippen molar-refractivity contribution in [1.29, 1.82) is 0 Å². The Balaban J connectivity index is 1.43. The number of fused-ring (bicyclic) bond motifs is 4. The first kappa shape index (κ1) is 28.3. The van der Waals surface area contributed by atoms with Crippen LogP contribution < -0.4 is 0 Å². The molecule has 0 saturated carbocycles. The molecule has 2 bridgehead atoms. The third-order valence-corrected chi connectivity index (χ3v) is 9.11. The van der Waals surface area contributed by atoms with Crippen LogP contribution in [0, 0.1) is 35.1 Å². The summed E-state index contributed by atoms with van der Waals surface area (Å²) in [6, 6.07) is 18.6. The number of nitrogens with zero attached hydrogens (tertiary/aromatic N) is 2. The van der Waals surface area contributed by atoms with E-state index in [9.17, 15) is 13.2 Å². The zero-order chi connectivity index (χ0) is 29.3. The molecule has 0 spiro atoms. The van der Waals surface area contributed by atoms with E-state index in [-0.39, 0.29) is 36.0 Å². The van der Waals surface area contributed by atoms with E-state index in [1.54, 1.807) is 24.4 Å². The Morgan fingerprint density at radius 3 is 2.60 bits per heavy atom. The predicted octanol–water partition coefficient (Wildman–Crippen LogP) is 8.17. The first-order valence-electron chi connectivity index (χ1n) is 14.4. The fraction of sp³-hybridized carbons (Fsp3) is 0.286. The highest BCUT2D eigenvalue weighted by Crippen LogP contribution is 2.49. The third-order valence-electron chi connectivity index (χ3n) is 9.11. The fourth-order valence-electron chi connectivity index (χ4n) is 7.10. The van der Waals surface area contributed by atoms with Crippen LogP contribution in [0.25, 0.3) is 17.0 Å². The van der Waals surface area contributed by atoms with Crippen LogP contribution in [0.1, 0.15) is 35.6 Å². The van der Waals surface area contributed by atoms with E-state index >= 15 is 4.39 Å². The molecule has 3 fully saturated rings. The van der Waals surface area contributed by atoms with E-state index < -0.39 is 17.5 Å². The molecule has 0 unspecified atom stereocenters. The van der Waals surface area contributed by atoms with Crippen molar-refractivity contribution in [3.05, 3.63) is 132 Å². The van der Waals surface area contributed by atoms with Gasteiger partial charge in [-0.15, -0.1) is 6.58 Å². The number of para-hydroxylation sites is 1. The monoisotopic (exact) mass is 573 g/mol. The first-order valence-corrected chi connectivity index (χ1v) is 14.4. The van der Waals surface area contributed by atoms with E-state index in [2.05, 4.69) is 17.6 Å². The molecule has 7 heteroatoms. The first-order chi connectivity index (χ1) is 20.4. The topological polar surface area (TPSA) is 22.1 Å². The fourth-order valence-corrected chi connectivity index (χ4v) is 7.10. The maximum Gasteiger partial charge on any atom is 0.194 e. The van der Waals surface area contributed by atoms with Crippen molar-refractivity contribution in [2.24, 2.45) is 11.8 Å². The van der Waals surface area contributed by atoms with Gasteiger partial charge in [0.2, 0.25) is 0 Å². The van der Waals surface area contributed by atoms with Crippen molar-refractivity contribution in [1.82, 2.24) is 4.98 Å². The van der Waals surface area contributed by atoms with Gasteiger partial charge >= 0.3 is 0 Å². The van der Waals surface area contributed by atoms with Crippen LogP contribution in [0.15, 0.2) is 91.7 Å².